The van der Waals surface area contributed by atoms with Crippen molar-refractivity contribution in [2.75, 3.05) is 37.6 Å². The van der Waals surface area contributed by atoms with Crippen LogP contribution in [0.15, 0.2) is 48.5 Å². The van der Waals surface area contributed by atoms with E-state index in [-0.39, 0.29) is 11.8 Å². The van der Waals surface area contributed by atoms with Crippen molar-refractivity contribution in [1.82, 2.24) is 10.2 Å². The Bertz CT molecular complexity index is 861. The topological polar surface area (TPSA) is 35.6 Å². The Kier molecular flexibility index (Phi) is 6.62. The van der Waals surface area contributed by atoms with E-state index in [2.05, 4.69) is 39.4 Å². The van der Waals surface area contributed by atoms with Crippen molar-refractivity contribution in [2.24, 2.45) is 11.8 Å². The summed E-state index contributed by atoms with van der Waals surface area (Å²) in [5, 5.41) is 3.14. The van der Waals surface area contributed by atoms with Crippen molar-refractivity contribution in [3.63, 3.8) is 0 Å². The first-order valence-electron chi connectivity index (χ1n) is 10.8. The second-order valence-corrected chi connectivity index (χ2v) is 8.50. The van der Waals surface area contributed by atoms with E-state index in [4.69, 9.17) is 0 Å². The first-order valence-corrected chi connectivity index (χ1v) is 10.8. The van der Waals surface area contributed by atoms with Gasteiger partial charge in [0.25, 0.3) is 0 Å². The second-order valence-electron chi connectivity index (χ2n) is 8.50. The molecule has 1 N–H and O–H groups in total. The monoisotopic (exact) mass is 413 g/mol. The zero-order valence-electron chi connectivity index (χ0n) is 17.2. The summed E-state index contributed by atoms with van der Waals surface area (Å²) in [5.41, 5.74) is 1.98. The highest BCUT2D eigenvalue weighted by Gasteiger charge is 2.28. The highest BCUT2D eigenvalue weighted by atomic mass is 19.2. The molecule has 2 aliphatic heterocycles. The van der Waals surface area contributed by atoms with E-state index < -0.39 is 11.6 Å². The quantitative estimate of drug-likeness (QED) is 0.782. The number of carbonyl (C=O) groups is 1. The Balaban J connectivity index is 1.24. The van der Waals surface area contributed by atoms with E-state index in [1.165, 1.54) is 17.7 Å². The molecule has 30 heavy (non-hydrogen) atoms. The Morgan fingerprint density at radius 3 is 2.63 bits per heavy atom. The molecule has 0 spiro atoms. The third-order valence-corrected chi connectivity index (χ3v) is 6.24. The largest absolute Gasteiger partial charge is 0.371 e. The van der Waals surface area contributed by atoms with Gasteiger partial charge in [-0.3, -0.25) is 9.69 Å². The predicted molar refractivity (Wildman–Crippen MR) is 114 cm³/mol. The normalized spacial score (nSPS) is 22.3. The Morgan fingerprint density at radius 2 is 1.83 bits per heavy atom. The van der Waals surface area contributed by atoms with Gasteiger partial charge in [-0.2, -0.15) is 0 Å². The summed E-state index contributed by atoms with van der Waals surface area (Å²) in [5.74, 6) is -1.14. The average Bonchev–Trinajstić information content (AvgIpc) is 3.24. The van der Waals surface area contributed by atoms with Crippen LogP contribution in [-0.2, 0) is 11.3 Å². The van der Waals surface area contributed by atoms with Crippen LogP contribution >= 0.6 is 0 Å². The number of nitrogens with one attached hydrogen (secondary N) is 1. The molecular formula is C24H29F2N3O. The number of nitrogens with zero attached hydrogens (tertiary/aromatic N) is 2. The van der Waals surface area contributed by atoms with Crippen molar-refractivity contribution in [3.05, 3.63) is 65.7 Å². The maximum Gasteiger partial charge on any atom is 0.224 e. The van der Waals surface area contributed by atoms with Crippen LogP contribution in [0, 0.1) is 23.5 Å². The van der Waals surface area contributed by atoms with Gasteiger partial charge in [0.15, 0.2) is 11.6 Å². The molecule has 2 aliphatic rings. The second kappa shape index (κ2) is 9.56. The van der Waals surface area contributed by atoms with Crippen LogP contribution in [0.4, 0.5) is 14.5 Å². The maximum absolute atomic E-state index is 13.5. The molecule has 0 saturated carbocycles. The Labute approximate surface area is 176 Å². The van der Waals surface area contributed by atoms with Crippen LogP contribution in [0.2, 0.25) is 0 Å². The molecule has 160 valence electrons. The number of anilines is 1. The molecule has 2 aromatic rings. The average molecular weight is 414 g/mol. The van der Waals surface area contributed by atoms with Gasteiger partial charge in [0, 0.05) is 44.5 Å². The lowest BCUT2D eigenvalue weighted by molar-refractivity contribution is -0.126. The summed E-state index contributed by atoms with van der Waals surface area (Å²) >= 11 is 0. The van der Waals surface area contributed by atoms with Crippen molar-refractivity contribution < 1.29 is 13.6 Å². The molecule has 6 heteroatoms. The zero-order valence-corrected chi connectivity index (χ0v) is 17.2. The standard InChI is InChI=1S/C24H29F2N3O/c25-22-9-8-21(13-23(22)26)29-12-10-19(16-29)14-27-24(30)20-7-4-11-28(17-20)15-18-5-2-1-3-6-18/h1-3,5-6,8-9,13,19-20H,4,7,10-12,14-17H2,(H,27,30). The third kappa shape index (κ3) is 5.17. The predicted octanol–water partition coefficient (Wildman–Crippen LogP) is 3.82. The molecule has 0 aromatic heterocycles. The SMILES string of the molecule is O=C(NCC1CCN(c2ccc(F)c(F)c2)C1)C1CCCN(Cc2ccccc2)C1. The lowest BCUT2D eigenvalue weighted by atomic mass is 9.96. The summed E-state index contributed by atoms with van der Waals surface area (Å²) in [7, 11) is 0. The molecule has 0 radical (unpaired) electrons. The molecule has 2 atom stereocenters. The van der Waals surface area contributed by atoms with Gasteiger partial charge < -0.3 is 10.2 Å². The van der Waals surface area contributed by atoms with Crippen molar-refractivity contribution in [3.8, 4) is 0 Å². The van der Waals surface area contributed by atoms with Crippen molar-refractivity contribution in [1.29, 1.82) is 0 Å². The molecule has 0 aliphatic carbocycles. The van der Waals surface area contributed by atoms with Gasteiger partial charge in [0.1, 0.15) is 0 Å². The summed E-state index contributed by atoms with van der Waals surface area (Å²) in [6.45, 7) is 4.89. The molecular weight excluding hydrogens is 384 g/mol. The molecule has 2 saturated heterocycles. The maximum atomic E-state index is 13.5. The number of rotatable bonds is 6. The van der Waals surface area contributed by atoms with Gasteiger partial charge in [-0.1, -0.05) is 30.3 Å². The van der Waals surface area contributed by atoms with Crippen LogP contribution in [0.3, 0.4) is 0 Å². The van der Waals surface area contributed by atoms with Gasteiger partial charge in [-0.25, -0.2) is 8.78 Å². The van der Waals surface area contributed by atoms with Crippen LogP contribution < -0.4 is 10.2 Å². The number of hydrogen-bond acceptors (Lipinski definition) is 3. The number of halogens is 2. The summed E-state index contributed by atoms with van der Waals surface area (Å²) in [6.07, 6.45) is 2.91. The van der Waals surface area contributed by atoms with Gasteiger partial charge in [0.2, 0.25) is 5.91 Å². The Hall–Kier alpha value is -2.47. The highest BCUT2D eigenvalue weighted by molar-refractivity contribution is 5.79. The van der Waals surface area contributed by atoms with Gasteiger partial charge in [0.05, 0.1) is 5.92 Å². The lowest BCUT2D eigenvalue weighted by Crippen LogP contribution is -2.43. The molecule has 2 unspecified atom stereocenters. The zero-order chi connectivity index (χ0) is 20.9. The minimum absolute atomic E-state index is 0.0335. The smallest absolute Gasteiger partial charge is 0.224 e. The Morgan fingerprint density at radius 1 is 1.00 bits per heavy atom. The highest BCUT2D eigenvalue weighted by Crippen LogP contribution is 2.25. The van der Waals surface area contributed by atoms with E-state index in [1.54, 1.807) is 6.07 Å². The van der Waals surface area contributed by atoms with Gasteiger partial charge in [-0.05, 0) is 49.4 Å². The molecule has 2 heterocycles. The third-order valence-electron chi connectivity index (χ3n) is 6.24. The van der Waals surface area contributed by atoms with Crippen molar-refractivity contribution in [2.45, 2.75) is 25.8 Å². The summed E-state index contributed by atoms with van der Waals surface area (Å²) in [6, 6.07) is 14.4. The van der Waals surface area contributed by atoms with E-state index in [0.717, 1.165) is 52.0 Å². The number of amides is 1. The molecule has 1 amide bonds. The molecule has 2 aromatic carbocycles. The van der Waals surface area contributed by atoms with Crippen LogP contribution in [0.5, 0.6) is 0 Å². The van der Waals surface area contributed by atoms with E-state index in [1.807, 2.05) is 6.07 Å². The van der Waals surface area contributed by atoms with Gasteiger partial charge >= 0.3 is 0 Å². The molecule has 2 fully saturated rings. The lowest BCUT2D eigenvalue weighted by Gasteiger charge is -2.32. The fourth-order valence-corrected chi connectivity index (χ4v) is 4.56. The van der Waals surface area contributed by atoms with E-state index in [0.29, 0.717) is 18.2 Å². The van der Waals surface area contributed by atoms with Crippen LogP contribution in [-0.4, -0.2) is 43.5 Å². The fraction of sp³-hybridized carbons (Fsp3) is 0.458. The first kappa shape index (κ1) is 20.8. The minimum atomic E-state index is -0.824. The summed E-state index contributed by atoms with van der Waals surface area (Å²) in [4.78, 5) is 17.2. The van der Waals surface area contributed by atoms with Crippen LogP contribution in [0.25, 0.3) is 0 Å². The van der Waals surface area contributed by atoms with Gasteiger partial charge in [-0.15, -0.1) is 0 Å². The number of benzene rings is 2. The summed E-state index contributed by atoms with van der Waals surface area (Å²) < 4.78 is 26.7. The first-order chi connectivity index (χ1) is 14.6. The number of carbonyl (C=O) groups excluding carboxylic acids is 1. The minimum Gasteiger partial charge on any atom is -0.371 e. The molecule has 4 rings (SSSR count). The number of likely N-dealkylation sites (tertiary alicyclic amines) is 1. The van der Waals surface area contributed by atoms with Crippen LogP contribution in [0.1, 0.15) is 24.8 Å². The number of hydrogen-bond donors (Lipinski definition) is 1. The van der Waals surface area contributed by atoms with Crippen molar-refractivity contribution >= 4 is 11.6 Å². The fourth-order valence-electron chi connectivity index (χ4n) is 4.56. The van der Waals surface area contributed by atoms with E-state index in [9.17, 15) is 13.6 Å². The molecule has 0 bridgehead atoms. The molecule has 4 nitrogen and oxygen atoms in total. The van der Waals surface area contributed by atoms with E-state index >= 15 is 0 Å². The number of piperidine rings is 1.